The minimum absolute atomic E-state index is 0.117. The Morgan fingerprint density at radius 1 is 0.953 bits per heavy atom. The maximum absolute atomic E-state index is 12.8. The van der Waals surface area contributed by atoms with Crippen molar-refractivity contribution >= 4 is 45.7 Å². The molecule has 5 rings (SSSR count). The van der Waals surface area contributed by atoms with Gasteiger partial charge in [0.15, 0.2) is 0 Å². The van der Waals surface area contributed by atoms with E-state index in [-0.39, 0.29) is 29.7 Å². The highest BCUT2D eigenvalue weighted by molar-refractivity contribution is 6.32. The molecule has 0 fully saturated rings. The van der Waals surface area contributed by atoms with Crippen LogP contribution in [0.15, 0.2) is 88.5 Å². The molecule has 0 aliphatic carbocycles. The molecule has 0 spiro atoms. The number of para-hydroxylation sites is 1. The zero-order chi connectivity index (χ0) is 30.5. The summed E-state index contributed by atoms with van der Waals surface area (Å²) in [5.74, 6) is 5.25. The van der Waals surface area contributed by atoms with Crippen LogP contribution in [0.2, 0.25) is 5.15 Å². The van der Waals surface area contributed by atoms with E-state index >= 15 is 0 Å². The number of carbonyl (C=O) groups is 2. The predicted octanol–water partition coefficient (Wildman–Crippen LogP) is 4.87. The van der Waals surface area contributed by atoms with Gasteiger partial charge in [0.05, 0.1) is 6.54 Å². The smallest absolute Gasteiger partial charge is 0.332 e. The number of aromatic nitrogens is 3. The largest absolute Gasteiger partial charge is 0.351 e. The number of aryl methyl sites for hydroxylation is 2. The fraction of sp³-hybridized carbons (Fsp3) is 0.152. The fourth-order valence-electron chi connectivity index (χ4n) is 4.47. The normalized spacial score (nSPS) is 10.7. The van der Waals surface area contributed by atoms with Crippen LogP contribution in [0.25, 0.3) is 10.9 Å². The zero-order valence-corrected chi connectivity index (χ0v) is 24.3. The van der Waals surface area contributed by atoms with Crippen LogP contribution in [0.5, 0.6) is 0 Å². The molecule has 0 aliphatic heterocycles. The van der Waals surface area contributed by atoms with Gasteiger partial charge < -0.3 is 15.6 Å². The lowest BCUT2D eigenvalue weighted by Gasteiger charge is -2.13. The van der Waals surface area contributed by atoms with Crippen molar-refractivity contribution in [1.29, 1.82) is 0 Å². The van der Waals surface area contributed by atoms with Gasteiger partial charge in [-0.15, -0.1) is 0 Å². The van der Waals surface area contributed by atoms with E-state index in [2.05, 4.69) is 27.5 Å². The lowest BCUT2D eigenvalue weighted by molar-refractivity contribution is -0.116. The maximum atomic E-state index is 12.8. The highest BCUT2D eigenvalue weighted by Crippen LogP contribution is 2.19. The van der Waals surface area contributed by atoms with Gasteiger partial charge in [0, 0.05) is 35.6 Å². The number of fused-ring (bicyclic) bond motifs is 1. The van der Waals surface area contributed by atoms with Gasteiger partial charge in [-0.25, -0.2) is 4.79 Å². The Morgan fingerprint density at radius 3 is 2.44 bits per heavy atom. The second kappa shape index (κ2) is 12.7. The standard InChI is InChI=1S/C33H28ClN5O4/c1-21-10-12-22(13-11-21)15-17-28(40)37-29-30(34)39(33(43)38(2)32(29)42)18-6-7-23-14-16-26-24(19-23)20-27(36-26)31(41)35-25-8-4-3-5-9-25/h3-5,8-14,16,19-20,36H,15,17-18H2,1-2H3,(H,35,41)(H,37,40). The maximum Gasteiger partial charge on any atom is 0.332 e. The number of amides is 2. The number of halogens is 1. The number of H-pyrrole nitrogens is 1. The molecule has 5 aromatic rings. The van der Waals surface area contributed by atoms with E-state index < -0.39 is 17.2 Å². The highest BCUT2D eigenvalue weighted by atomic mass is 35.5. The molecule has 9 nitrogen and oxygen atoms in total. The van der Waals surface area contributed by atoms with Crippen LogP contribution in [0.1, 0.15) is 33.6 Å². The first-order chi connectivity index (χ1) is 20.7. The summed E-state index contributed by atoms with van der Waals surface area (Å²) in [6, 6.07) is 24.2. The van der Waals surface area contributed by atoms with Gasteiger partial charge >= 0.3 is 5.69 Å². The molecular formula is C33H28ClN5O4. The van der Waals surface area contributed by atoms with Crippen LogP contribution in [-0.4, -0.2) is 25.9 Å². The minimum atomic E-state index is -0.701. The minimum Gasteiger partial charge on any atom is -0.351 e. The Hall–Kier alpha value is -5.33. The van der Waals surface area contributed by atoms with Crippen molar-refractivity contribution in [2.24, 2.45) is 7.05 Å². The zero-order valence-electron chi connectivity index (χ0n) is 23.5. The van der Waals surface area contributed by atoms with E-state index in [0.717, 1.165) is 31.2 Å². The molecule has 3 N–H and O–H groups in total. The Balaban J connectivity index is 1.30. The van der Waals surface area contributed by atoms with E-state index in [1.807, 2.05) is 61.5 Å². The predicted molar refractivity (Wildman–Crippen MR) is 169 cm³/mol. The second-order valence-corrected chi connectivity index (χ2v) is 10.4. The van der Waals surface area contributed by atoms with Crippen LogP contribution < -0.4 is 21.9 Å². The van der Waals surface area contributed by atoms with Crippen LogP contribution in [-0.2, 0) is 24.8 Å². The molecular weight excluding hydrogens is 566 g/mol. The molecule has 10 heteroatoms. The van der Waals surface area contributed by atoms with Gasteiger partial charge in [0.25, 0.3) is 11.5 Å². The van der Waals surface area contributed by atoms with Crippen molar-refractivity contribution in [2.75, 3.05) is 10.6 Å². The summed E-state index contributed by atoms with van der Waals surface area (Å²) in [6.45, 7) is 1.87. The molecule has 3 aromatic carbocycles. The molecule has 2 aromatic heterocycles. The number of carbonyl (C=O) groups excluding carboxylic acids is 2. The average Bonchev–Trinajstić information content (AvgIpc) is 3.44. The lowest BCUT2D eigenvalue weighted by atomic mass is 10.1. The van der Waals surface area contributed by atoms with Crippen molar-refractivity contribution in [1.82, 2.24) is 14.1 Å². The Morgan fingerprint density at radius 2 is 1.70 bits per heavy atom. The van der Waals surface area contributed by atoms with Crippen LogP contribution >= 0.6 is 11.6 Å². The molecule has 43 heavy (non-hydrogen) atoms. The van der Waals surface area contributed by atoms with Crippen molar-refractivity contribution in [3.63, 3.8) is 0 Å². The van der Waals surface area contributed by atoms with Gasteiger partial charge in [-0.05, 0) is 55.3 Å². The van der Waals surface area contributed by atoms with E-state index in [1.54, 1.807) is 24.3 Å². The van der Waals surface area contributed by atoms with Crippen LogP contribution in [0.3, 0.4) is 0 Å². The Kier molecular flexibility index (Phi) is 8.60. The van der Waals surface area contributed by atoms with Gasteiger partial charge in [0.1, 0.15) is 16.5 Å². The molecule has 0 unspecified atom stereocenters. The summed E-state index contributed by atoms with van der Waals surface area (Å²) in [5, 5.41) is 6.02. The van der Waals surface area contributed by atoms with Crippen molar-refractivity contribution in [3.8, 4) is 11.8 Å². The Labute approximate surface area is 252 Å². The summed E-state index contributed by atoms with van der Waals surface area (Å²) in [6.07, 6.45) is 0.624. The molecule has 0 radical (unpaired) electrons. The fourth-order valence-corrected chi connectivity index (χ4v) is 4.73. The molecule has 0 saturated heterocycles. The Bertz CT molecular complexity index is 2010. The van der Waals surface area contributed by atoms with Crippen molar-refractivity contribution in [2.45, 2.75) is 26.3 Å². The first-order valence-electron chi connectivity index (χ1n) is 13.5. The molecule has 216 valence electrons. The molecule has 0 bridgehead atoms. The van der Waals surface area contributed by atoms with Crippen molar-refractivity contribution < 1.29 is 9.59 Å². The number of nitrogens with one attached hydrogen (secondary N) is 3. The molecule has 0 saturated carbocycles. The van der Waals surface area contributed by atoms with Gasteiger partial charge in [-0.1, -0.05) is 71.5 Å². The first-order valence-corrected chi connectivity index (χ1v) is 13.9. The highest BCUT2D eigenvalue weighted by Gasteiger charge is 2.18. The molecule has 2 heterocycles. The summed E-state index contributed by atoms with van der Waals surface area (Å²) in [4.78, 5) is 54.0. The number of benzene rings is 3. The molecule has 0 aliphatic rings. The first kappa shape index (κ1) is 29.2. The topological polar surface area (TPSA) is 118 Å². The van der Waals surface area contributed by atoms with Crippen LogP contribution in [0, 0.1) is 18.8 Å². The van der Waals surface area contributed by atoms with Gasteiger partial charge in [-0.2, -0.15) is 0 Å². The van der Waals surface area contributed by atoms with Crippen LogP contribution in [0.4, 0.5) is 11.4 Å². The number of nitrogens with zero attached hydrogens (tertiary/aromatic N) is 2. The van der Waals surface area contributed by atoms with Crippen molar-refractivity contribution in [3.05, 3.63) is 127 Å². The molecule has 0 atom stereocenters. The third kappa shape index (κ3) is 6.77. The van der Waals surface area contributed by atoms with Gasteiger partial charge in [-0.3, -0.25) is 23.5 Å². The number of hydrogen-bond donors (Lipinski definition) is 3. The summed E-state index contributed by atoms with van der Waals surface area (Å²) >= 11 is 6.45. The summed E-state index contributed by atoms with van der Waals surface area (Å²) < 4.78 is 2.02. The third-order valence-corrected chi connectivity index (χ3v) is 7.27. The number of anilines is 2. The quantitative estimate of drug-likeness (QED) is 0.184. The lowest BCUT2D eigenvalue weighted by Crippen LogP contribution is -2.40. The van der Waals surface area contributed by atoms with Gasteiger partial charge in [0.2, 0.25) is 5.91 Å². The SMILES string of the molecule is Cc1ccc(CCC(=O)Nc2c(Cl)n(CC#Cc3ccc4[nH]c(C(=O)Nc5ccccc5)cc4c3)c(=O)n(C)c2=O)cc1. The summed E-state index contributed by atoms with van der Waals surface area (Å²) in [7, 11) is 1.32. The van der Waals surface area contributed by atoms with E-state index in [4.69, 9.17) is 11.6 Å². The van der Waals surface area contributed by atoms with E-state index in [9.17, 15) is 19.2 Å². The monoisotopic (exact) mass is 593 g/mol. The molecule has 2 amide bonds. The van der Waals surface area contributed by atoms with E-state index in [0.29, 0.717) is 23.4 Å². The number of aromatic amines is 1. The van der Waals surface area contributed by atoms with E-state index in [1.165, 1.54) is 7.05 Å². The summed E-state index contributed by atoms with van der Waals surface area (Å²) in [5.41, 5.74) is 3.10. The average molecular weight is 594 g/mol. The number of rotatable bonds is 7. The second-order valence-electron chi connectivity index (χ2n) is 10.0. The number of hydrogen-bond acceptors (Lipinski definition) is 4. The third-order valence-electron chi connectivity index (χ3n) is 6.87.